The largest absolute Gasteiger partial charge is 0.303 e. The van der Waals surface area contributed by atoms with Crippen LogP contribution in [0, 0.1) is 5.92 Å². The van der Waals surface area contributed by atoms with Gasteiger partial charge in [-0.25, -0.2) is 0 Å². The molecule has 0 saturated carbocycles. The summed E-state index contributed by atoms with van der Waals surface area (Å²) in [5, 5.41) is 0. The van der Waals surface area contributed by atoms with Crippen LogP contribution in [0.2, 0.25) is 0 Å². The number of carbonyl (C=O) groups excluding carboxylic acids is 2. The van der Waals surface area contributed by atoms with Crippen LogP contribution >= 0.6 is 0 Å². The zero-order chi connectivity index (χ0) is 12.5. The van der Waals surface area contributed by atoms with Gasteiger partial charge in [0, 0.05) is 5.92 Å². The van der Waals surface area contributed by atoms with Crippen molar-refractivity contribution in [1.82, 2.24) is 0 Å². The highest BCUT2D eigenvalue weighted by Crippen LogP contribution is 2.47. The topological polar surface area (TPSA) is 34.1 Å². The molecule has 0 radical (unpaired) electrons. The molecule has 0 bridgehead atoms. The first-order valence-corrected chi connectivity index (χ1v) is 5.95. The molecule has 18 heavy (non-hydrogen) atoms. The SMILES string of the molecule is O=CC(C=O)C1c2ccccc2-c2ccccc21. The second kappa shape index (κ2) is 4.22. The minimum absolute atomic E-state index is 0.132. The first-order chi connectivity index (χ1) is 8.86. The first kappa shape index (κ1) is 10.9. The van der Waals surface area contributed by atoms with Gasteiger partial charge in [-0.3, -0.25) is 0 Å². The summed E-state index contributed by atoms with van der Waals surface area (Å²) in [6, 6.07) is 15.9. The smallest absolute Gasteiger partial charge is 0.131 e. The summed E-state index contributed by atoms with van der Waals surface area (Å²) >= 11 is 0. The summed E-state index contributed by atoms with van der Waals surface area (Å²) in [6.45, 7) is 0. The number of hydrogen-bond donors (Lipinski definition) is 0. The standard InChI is InChI=1S/C16H12O2/c17-9-11(10-18)16-14-7-3-1-5-12(14)13-6-2-4-8-15(13)16/h1-11,16H. The molecule has 0 amide bonds. The maximum Gasteiger partial charge on any atom is 0.131 e. The molecule has 0 fully saturated rings. The molecular formula is C16H12O2. The zero-order valence-corrected chi connectivity index (χ0v) is 9.74. The van der Waals surface area contributed by atoms with Crippen LogP contribution < -0.4 is 0 Å². The van der Waals surface area contributed by atoms with Crippen molar-refractivity contribution in [1.29, 1.82) is 0 Å². The highest BCUT2D eigenvalue weighted by Gasteiger charge is 2.33. The van der Waals surface area contributed by atoms with Gasteiger partial charge in [0.15, 0.2) is 0 Å². The van der Waals surface area contributed by atoms with E-state index in [-0.39, 0.29) is 5.92 Å². The predicted molar refractivity (Wildman–Crippen MR) is 69.3 cm³/mol. The van der Waals surface area contributed by atoms with Gasteiger partial charge in [-0.15, -0.1) is 0 Å². The van der Waals surface area contributed by atoms with E-state index in [0.717, 1.165) is 34.8 Å². The molecule has 1 aliphatic carbocycles. The third kappa shape index (κ3) is 1.42. The second-order valence-corrected chi connectivity index (χ2v) is 4.50. The number of benzene rings is 2. The van der Waals surface area contributed by atoms with E-state index in [1.54, 1.807) is 0 Å². The van der Waals surface area contributed by atoms with Gasteiger partial charge in [-0.1, -0.05) is 48.5 Å². The third-order valence-corrected chi connectivity index (χ3v) is 3.58. The van der Waals surface area contributed by atoms with E-state index in [1.807, 2.05) is 48.5 Å². The molecule has 0 N–H and O–H groups in total. The Balaban J connectivity index is 2.26. The van der Waals surface area contributed by atoms with E-state index in [4.69, 9.17) is 0 Å². The van der Waals surface area contributed by atoms with Gasteiger partial charge in [-0.05, 0) is 22.3 Å². The summed E-state index contributed by atoms with van der Waals surface area (Å²) in [5.74, 6) is -0.734. The molecule has 0 heterocycles. The van der Waals surface area contributed by atoms with E-state index in [1.165, 1.54) is 0 Å². The Morgan fingerprint density at radius 1 is 0.778 bits per heavy atom. The highest BCUT2D eigenvalue weighted by molar-refractivity contribution is 5.87. The molecule has 0 unspecified atom stereocenters. The molecule has 88 valence electrons. The summed E-state index contributed by atoms with van der Waals surface area (Å²) < 4.78 is 0. The van der Waals surface area contributed by atoms with Crippen molar-refractivity contribution >= 4 is 12.6 Å². The van der Waals surface area contributed by atoms with Crippen LogP contribution in [0.5, 0.6) is 0 Å². The lowest BCUT2D eigenvalue weighted by atomic mass is 9.86. The number of rotatable bonds is 3. The number of hydrogen-bond acceptors (Lipinski definition) is 2. The van der Waals surface area contributed by atoms with Crippen molar-refractivity contribution in [2.75, 3.05) is 0 Å². The van der Waals surface area contributed by atoms with Gasteiger partial charge < -0.3 is 9.59 Å². The van der Waals surface area contributed by atoms with Crippen LogP contribution in [-0.2, 0) is 9.59 Å². The average Bonchev–Trinajstić information content (AvgIpc) is 2.76. The van der Waals surface area contributed by atoms with Gasteiger partial charge in [0.2, 0.25) is 0 Å². The van der Waals surface area contributed by atoms with Crippen LogP contribution in [0.25, 0.3) is 11.1 Å². The van der Waals surface area contributed by atoms with Crippen molar-refractivity contribution in [3.05, 3.63) is 59.7 Å². The van der Waals surface area contributed by atoms with Gasteiger partial charge >= 0.3 is 0 Å². The number of carbonyl (C=O) groups is 2. The van der Waals surface area contributed by atoms with Gasteiger partial charge in [-0.2, -0.15) is 0 Å². The molecule has 2 nitrogen and oxygen atoms in total. The number of fused-ring (bicyclic) bond motifs is 3. The lowest BCUT2D eigenvalue weighted by molar-refractivity contribution is -0.119. The van der Waals surface area contributed by atoms with Gasteiger partial charge in [0.25, 0.3) is 0 Å². The molecule has 0 atom stereocenters. The van der Waals surface area contributed by atoms with E-state index in [2.05, 4.69) is 0 Å². The van der Waals surface area contributed by atoms with Crippen LogP contribution in [0.4, 0.5) is 0 Å². The minimum atomic E-state index is -0.602. The Morgan fingerprint density at radius 3 is 1.67 bits per heavy atom. The molecule has 0 aliphatic heterocycles. The second-order valence-electron chi connectivity index (χ2n) is 4.50. The molecular weight excluding hydrogens is 224 g/mol. The lowest BCUT2D eigenvalue weighted by Crippen LogP contribution is -2.14. The zero-order valence-electron chi connectivity index (χ0n) is 9.74. The Bertz CT molecular complexity index is 562. The average molecular weight is 236 g/mol. The number of aldehydes is 2. The highest BCUT2D eigenvalue weighted by atomic mass is 16.1. The van der Waals surface area contributed by atoms with Crippen LogP contribution in [0.1, 0.15) is 17.0 Å². The molecule has 0 saturated heterocycles. The summed E-state index contributed by atoms with van der Waals surface area (Å²) in [6.07, 6.45) is 1.49. The molecule has 0 spiro atoms. The Hall–Kier alpha value is -2.22. The monoisotopic (exact) mass is 236 g/mol. The third-order valence-electron chi connectivity index (χ3n) is 3.58. The molecule has 2 heteroatoms. The fraction of sp³-hybridized carbons (Fsp3) is 0.125. The fourth-order valence-electron chi connectivity index (χ4n) is 2.80. The van der Waals surface area contributed by atoms with Crippen molar-refractivity contribution in [3.63, 3.8) is 0 Å². The van der Waals surface area contributed by atoms with E-state index < -0.39 is 5.92 Å². The summed E-state index contributed by atoms with van der Waals surface area (Å²) in [5.41, 5.74) is 4.41. The molecule has 0 aromatic heterocycles. The fourth-order valence-corrected chi connectivity index (χ4v) is 2.80. The molecule has 2 aromatic rings. The molecule has 1 aliphatic rings. The van der Waals surface area contributed by atoms with E-state index in [0.29, 0.717) is 0 Å². The van der Waals surface area contributed by atoms with Crippen molar-refractivity contribution in [2.45, 2.75) is 5.92 Å². The van der Waals surface area contributed by atoms with Crippen molar-refractivity contribution in [2.24, 2.45) is 5.92 Å². The maximum atomic E-state index is 11.1. The Morgan fingerprint density at radius 2 is 1.22 bits per heavy atom. The quantitative estimate of drug-likeness (QED) is 0.606. The molecule has 3 rings (SSSR count). The molecule has 2 aromatic carbocycles. The first-order valence-electron chi connectivity index (χ1n) is 5.95. The van der Waals surface area contributed by atoms with Crippen LogP contribution in [-0.4, -0.2) is 12.6 Å². The minimum Gasteiger partial charge on any atom is -0.303 e. The summed E-state index contributed by atoms with van der Waals surface area (Å²) in [7, 11) is 0. The van der Waals surface area contributed by atoms with Crippen LogP contribution in [0.3, 0.4) is 0 Å². The Kier molecular flexibility index (Phi) is 2.56. The summed E-state index contributed by atoms with van der Waals surface area (Å²) in [4.78, 5) is 22.2. The Labute approximate surface area is 105 Å². The van der Waals surface area contributed by atoms with Gasteiger partial charge in [0.05, 0.1) is 5.92 Å². The predicted octanol–water partition coefficient (Wildman–Crippen LogP) is 2.81. The van der Waals surface area contributed by atoms with Crippen molar-refractivity contribution < 1.29 is 9.59 Å². The normalized spacial score (nSPS) is 13.2. The van der Waals surface area contributed by atoms with E-state index in [9.17, 15) is 9.59 Å². The van der Waals surface area contributed by atoms with Crippen molar-refractivity contribution in [3.8, 4) is 11.1 Å². The van der Waals surface area contributed by atoms with Gasteiger partial charge in [0.1, 0.15) is 12.6 Å². The van der Waals surface area contributed by atoms with Crippen LogP contribution in [0.15, 0.2) is 48.5 Å². The maximum absolute atomic E-state index is 11.1. The lowest BCUT2D eigenvalue weighted by Gasteiger charge is -2.15. The van der Waals surface area contributed by atoms with E-state index >= 15 is 0 Å².